The van der Waals surface area contributed by atoms with E-state index in [1.54, 1.807) is 6.92 Å². The molecule has 1 aliphatic heterocycles. The molecule has 138 valence electrons. The standard InChI is InChI=1S/C20H23N3O2.ClH/c1-14(21)12-19(24)22-17-8-6-15(7-9-17)13-20(25)23-11-10-16-4-2-3-5-18(16)23;/h2-9,14H,10-13,21H2,1H3,(H,22,24);1H. The lowest BCUT2D eigenvalue weighted by molar-refractivity contribution is -0.118. The van der Waals surface area contributed by atoms with Crippen molar-refractivity contribution in [3.05, 3.63) is 59.7 Å². The van der Waals surface area contributed by atoms with Gasteiger partial charge in [-0.25, -0.2) is 0 Å². The zero-order valence-corrected chi connectivity index (χ0v) is 15.6. The molecule has 1 unspecified atom stereocenters. The first-order valence-corrected chi connectivity index (χ1v) is 8.55. The average Bonchev–Trinajstić information content (AvgIpc) is 3.00. The Balaban J connectivity index is 0.00000243. The maximum Gasteiger partial charge on any atom is 0.231 e. The summed E-state index contributed by atoms with van der Waals surface area (Å²) in [6.45, 7) is 2.54. The van der Waals surface area contributed by atoms with Crippen LogP contribution in [-0.4, -0.2) is 24.4 Å². The summed E-state index contributed by atoms with van der Waals surface area (Å²) < 4.78 is 0. The molecular formula is C20H24ClN3O2. The molecule has 2 aromatic rings. The molecule has 1 heterocycles. The van der Waals surface area contributed by atoms with Gasteiger partial charge < -0.3 is 16.0 Å². The summed E-state index contributed by atoms with van der Waals surface area (Å²) in [4.78, 5) is 26.2. The van der Waals surface area contributed by atoms with Gasteiger partial charge in [-0.3, -0.25) is 9.59 Å². The first-order chi connectivity index (χ1) is 12.0. The molecule has 3 N–H and O–H groups in total. The predicted molar refractivity (Wildman–Crippen MR) is 107 cm³/mol. The minimum absolute atomic E-state index is 0. The van der Waals surface area contributed by atoms with Gasteiger partial charge in [-0.2, -0.15) is 0 Å². The molecule has 26 heavy (non-hydrogen) atoms. The second kappa shape index (κ2) is 8.83. The third-order valence-electron chi connectivity index (χ3n) is 4.29. The van der Waals surface area contributed by atoms with Gasteiger partial charge in [0.05, 0.1) is 6.42 Å². The van der Waals surface area contributed by atoms with Gasteiger partial charge in [0.15, 0.2) is 0 Å². The normalized spacial score (nSPS) is 13.5. The van der Waals surface area contributed by atoms with Crippen molar-refractivity contribution in [2.24, 2.45) is 5.73 Å². The molecule has 0 bridgehead atoms. The lowest BCUT2D eigenvalue weighted by Crippen LogP contribution is -2.30. The quantitative estimate of drug-likeness (QED) is 0.846. The van der Waals surface area contributed by atoms with Crippen molar-refractivity contribution in [1.82, 2.24) is 0 Å². The molecule has 5 nitrogen and oxygen atoms in total. The summed E-state index contributed by atoms with van der Waals surface area (Å²) in [6, 6.07) is 15.3. The van der Waals surface area contributed by atoms with Gasteiger partial charge in [0, 0.05) is 30.4 Å². The number of para-hydroxylation sites is 1. The number of anilines is 2. The van der Waals surface area contributed by atoms with Crippen molar-refractivity contribution < 1.29 is 9.59 Å². The molecule has 0 aromatic heterocycles. The first kappa shape index (κ1) is 19.9. The Morgan fingerprint density at radius 3 is 2.54 bits per heavy atom. The number of halogens is 1. The van der Waals surface area contributed by atoms with E-state index >= 15 is 0 Å². The number of amides is 2. The molecule has 0 radical (unpaired) electrons. The van der Waals surface area contributed by atoms with Crippen LogP contribution in [0.3, 0.4) is 0 Å². The molecule has 1 atom stereocenters. The fourth-order valence-electron chi connectivity index (χ4n) is 3.08. The summed E-state index contributed by atoms with van der Waals surface area (Å²) in [5.74, 6) is -0.00816. The van der Waals surface area contributed by atoms with Crippen LogP contribution >= 0.6 is 12.4 Å². The van der Waals surface area contributed by atoms with Crippen LogP contribution in [0, 0.1) is 0 Å². The van der Waals surface area contributed by atoms with E-state index in [1.165, 1.54) is 5.56 Å². The SMILES string of the molecule is CC(N)CC(=O)Nc1ccc(CC(=O)N2CCc3ccccc32)cc1.Cl. The van der Waals surface area contributed by atoms with Crippen molar-refractivity contribution in [1.29, 1.82) is 0 Å². The minimum atomic E-state index is -0.166. The van der Waals surface area contributed by atoms with Crippen LogP contribution < -0.4 is 16.0 Å². The average molecular weight is 374 g/mol. The van der Waals surface area contributed by atoms with Gasteiger partial charge in [0.1, 0.15) is 0 Å². The Morgan fingerprint density at radius 2 is 1.85 bits per heavy atom. The van der Waals surface area contributed by atoms with Gasteiger partial charge in [0.25, 0.3) is 0 Å². The van der Waals surface area contributed by atoms with Crippen molar-refractivity contribution >= 4 is 35.6 Å². The number of benzene rings is 2. The number of nitrogens with two attached hydrogens (primary N) is 1. The van der Waals surface area contributed by atoms with E-state index in [0.717, 1.165) is 24.2 Å². The maximum absolute atomic E-state index is 12.6. The molecule has 1 aliphatic rings. The number of hydrogen-bond acceptors (Lipinski definition) is 3. The van der Waals surface area contributed by atoms with E-state index in [1.807, 2.05) is 47.4 Å². The first-order valence-electron chi connectivity index (χ1n) is 8.55. The van der Waals surface area contributed by atoms with Gasteiger partial charge in [-0.1, -0.05) is 30.3 Å². The van der Waals surface area contributed by atoms with Crippen LogP contribution in [0.25, 0.3) is 0 Å². The van der Waals surface area contributed by atoms with Crippen LogP contribution in [0.4, 0.5) is 11.4 Å². The number of hydrogen-bond donors (Lipinski definition) is 2. The molecule has 0 fully saturated rings. The molecule has 0 saturated heterocycles. The van der Waals surface area contributed by atoms with Crippen molar-refractivity contribution in [3.63, 3.8) is 0 Å². The Labute approximate surface area is 160 Å². The summed E-state index contributed by atoms with van der Waals surface area (Å²) in [5.41, 5.74) is 9.51. The lowest BCUT2D eigenvalue weighted by atomic mass is 10.1. The monoisotopic (exact) mass is 373 g/mol. The van der Waals surface area contributed by atoms with E-state index in [2.05, 4.69) is 11.4 Å². The summed E-state index contributed by atoms with van der Waals surface area (Å²) in [7, 11) is 0. The smallest absolute Gasteiger partial charge is 0.231 e. The van der Waals surface area contributed by atoms with Gasteiger partial charge in [-0.15, -0.1) is 12.4 Å². The van der Waals surface area contributed by atoms with Gasteiger partial charge >= 0.3 is 0 Å². The van der Waals surface area contributed by atoms with Crippen LogP contribution in [0.2, 0.25) is 0 Å². The highest BCUT2D eigenvalue weighted by Gasteiger charge is 2.23. The largest absolute Gasteiger partial charge is 0.327 e. The third-order valence-corrected chi connectivity index (χ3v) is 4.29. The molecule has 0 saturated carbocycles. The lowest BCUT2D eigenvalue weighted by Gasteiger charge is -2.17. The van der Waals surface area contributed by atoms with Crippen LogP contribution in [0.1, 0.15) is 24.5 Å². The fourth-order valence-corrected chi connectivity index (χ4v) is 3.08. The second-order valence-electron chi connectivity index (χ2n) is 6.53. The van der Waals surface area contributed by atoms with Gasteiger partial charge in [-0.05, 0) is 42.7 Å². The Bertz CT molecular complexity index is 775. The fraction of sp³-hybridized carbons (Fsp3) is 0.300. The number of nitrogens with one attached hydrogen (secondary N) is 1. The summed E-state index contributed by atoms with van der Waals surface area (Å²) in [6.07, 6.45) is 1.55. The zero-order valence-electron chi connectivity index (χ0n) is 14.8. The topological polar surface area (TPSA) is 75.4 Å². The number of carbonyl (C=O) groups is 2. The Kier molecular flexibility index (Phi) is 6.77. The van der Waals surface area contributed by atoms with E-state index in [9.17, 15) is 9.59 Å². The Morgan fingerprint density at radius 1 is 1.15 bits per heavy atom. The van der Waals surface area contributed by atoms with Crippen LogP contribution in [0.15, 0.2) is 48.5 Å². The minimum Gasteiger partial charge on any atom is -0.327 e. The molecule has 2 amide bonds. The molecule has 0 aliphatic carbocycles. The van der Waals surface area contributed by atoms with Crippen molar-refractivity contribution in [3.8, 4) is 0 Å². The molecule has 3 rings (SSSR count). The highest BCUT2D eigenvalue weighted by molar-refractivity contribution is 5.97. The van der Waals surface area contributed by atoms with Gasteiger partial charge in [0.2, 0.25) is 11.8 Å². The molecular weight excluding hydrogens is 350 g/mol. The summed E-state index contributed by atoms with van der Waals surface area (Å²) >= 11 is 0. The van der Waals surface area contributed by atoms with Crippen molar-refractivity contribution in [2.45, 2.75) is 32.2 Å². The molecule has 2 aromatic carbocycles. The van der Waals surface area contributed by atoms with Crippen LogP contribution in [0.5, 0.6) is 0 Å². The zero-order chi connectivity index (χ0) is 17.8. The summed E-state index contributed by atoms with van der Waals surface area (Å²) in [5, 5.41) is 2.81. The van der Waals surface area contributed by atoms with Crippen LogP contribution in [-0.2, 0) is 22.4 Å². The number of rotatable bonds is 5. The number of carbonyl (C=O) groups excluding carboxylic acids is 2. The maximum atomic E-state index is 12.6. The van der Waals surface area contributed by atoms with Crippen molar-refractivity contribution in [2.75, 3.05) is 16.8 Å². The second-order valence-corrected chi connectivity index (χ2v) is 6.53. The van der Waals surface area contributed by atoms with E-state index < -0.39 is 0 Å². The predicted octanol–water partition coefficient (Wildman–Crippen LogP) is 2.92. The molecule has 0 spiro atoms. The van der Waals surface area contributed by atoms with E-state index in [0.29, 0.717) is 12.1 Å². The van der Waals surface area contributed by atoms with E-state index in [4.69, 9.17) is 5.73 Å². The molecule has 6 heteroatoms. The number of fused-ring (bicyclic) bond motifs is 1. The highest BCUT2D eigenvalue weighted by Crippen LogP contribution is 2.28. The Hall–Kier alpha value is -2.37. The highest BCUT2D eigenvalue weighted by atomic mass is 35.5. The third kappa shape index (κ3) is 4.84. The van der Waals surface area contributed by atoms with E-state index in [-0.39, 0.29) is 36.7 Å². The number of nitrogens with zero attached hydrogens (tertiary/aromatic N) is 1.